The Hall–Kier alpha value is -0.820. The van der Waals surface area contributed by atoms with Gasteiger partial charge in [0, 0.05) is 0 Å². The minimum atomic E-state index is -2.19. The topological polar surface area (TPSA) is 20.2 Å². The van der Waals surface area contributed by atoms with Gasteiger partial charge >= 0.3 is 0 Å². The lowest BCUT2D eigenvalue weighted by Gasteiger charge is -2.37. The number of rotatable bonds is 7. The lowest BCUT2D eigenvalue weighted by Crippen LogP contribution is -2.26. The molecule has 0 aromatic rings. The summed E-state index contributed by atoms with van der Waals surface area (Å²) < 4.78 is 15.6. The van der Waals surface area contributed by atoms with Gasteiger partial charge < -0.3 is 5.11 Å². The van der Waals surface area contributed by atoms with Gasteiger partial charge in [0.1, 0.15) is 0 Å². The van der Waals surface area contributed by atoms with Gasteiger partial charge in [-0.15, -0.1) is 0 Å². The zero-order valence-corrected chi connectivity index (χ0v) is 14.6. The lowest BCUT2D eigenvalue weighted by molar-refractivity contribution is 0.237. The van der Waals surface area contributed by atoms with E-state index >= 15 is 0 Å². The first kappa shape index (κ1) is 15.1. The quantitative estimate of drug-likeness (QED) is 0.574. The molecule has 0 radical (unpaired) electrons. The molecule has 1 unspecified atom stereocenters. The fourth-order valence-corrected chi connectivity index (χ4v) is 3.32. The van der Waals surface area contributed by atoms with Crippen molar-refractivity contribution in [1.82, 2.24) is 0 Å². The van der Waals surface area contributed by atoms with Gasteiger partial charge in [0.2, 0.25) is 0 Å². The molecule has 0 aromatic heterocycles. The Morgan fingerprint density at radius 1 is 1.29 bits per heavy atom. The van der Waals surface area contributed by atoms with Crippen LogP contribution in [-0.2, 0) is 0 Å². The van der Waals surface area contributed by atoms with E-state index < -0.39 is 6.56 Å². The molecule has 1 atom stereocenters. The van der Waals surface area contributed by atoms with E-state index in [9.17, 15) is 5.11 Å². The van der Waals surface area contributed by atoms with Crippen molar-refractivity contribution in [2.24, 2.45) is 5.41 Å². The first-order chi connectivity index (χ1) is 10.6. The first-order valence-corrected chi connectivity index (χ1v) is 8.28. The van der Waals surface area contributed by atoms with Crippen LogP contribution in [0.1, 0.15) is 82.3 Å². The molecule has 0 heterocycles. The summed E-state index contributed by atoms with van der Waals surface area (Å²) in [4.78, 5) is 0. The Morgan fingerprint density at radius 2 is 2.00 bits per heavy atom. The molecule has 0 aliphatic heterocycles. The van der Waals surface area contributed by atoms with Crippen LogP contribution in [0.5, 0.6) is 0 Å². The second-order valence-corrected chi connectivity index (χ2v) is 7.09. The molecule has 0 bridgehead atoms. The van der Waals surface area contributed by atoms with E-state index in [4.69, 9.17) is 2.74 Å². The van der Waals surface area contributed by atoms with Crippen LogP contribution >= 0.6 is 0 Å². The van der Waals surface area contributed by atoms with Crippen molar-refractivity contribution in [3.63, 3.8) is 0 Å². The highest BCUT2D eigenvalue weighted by Crippen LogP contribution is 2.43. The van der Waals surface area contributed by atoms with E-state index in [1.807, 2.05) is 6.92 Å². The standard InChI is InChI=1S/C20H34O/c1-16(2)9-6-10-17(3)11-7-13-20(5)14-8-12-18(4)19(20)15-21/h9,11,21H,6-8,10,12-15H2,1-5H3/b17-11-/i15D2. The summed E-state index contributed by atoms with van der Waals surface area (Å²) in [6, 6.07) is 0. The van der Waals surface area contributed by atoms with Gasteiger partial charge in [-0.3, -0.25) is 0 Å². The molecule has 0 saturated carbocycles. The summed E-state index contributed by atoms with van der Waals surface area (Å²) in [7, 11) is 0. The maximum Gasteiger partial charge on any atom is 0.0649 e. The van der Waals surface area contributed by atoms with Gasteiger partial charge in [0.05, 0.1) is 9.30 Å². The lowest BCUT2D eigenvalue weighted by atomic mass is 9.69. The molecule has 1 heteroatoms. The summed E-state index contributed by atoms with van der Waals surface area (Å²) in [6.07, 6.45) is 11.5. The summed E-state index contributed by atoms with van der Waals surface area (Å²) >= 11 is 0. The molecule has 1 nitrogen and oxygen atoms in total. The molecule has 0 aromatic carbocycles. The normalized spacial score (nSPS) is 25.5. The van der Waals surface area contributed by atoms with Crippen LogP contribution < -0.4 is 0 Å². The zero-order valence-electron chi connectivity index (χ0n) is 16.6. The maximum absolute atomic E-state index is 9.98. The van der Waals surface area contributed by atoms with Crippen LogP contribution in [0.2, 0.25) is 0 Å². The van der Waals surface area contributed by atoms with E-state index in [1.54, 1.807) is 0 Å². The van der Waals surface area contributed by atoms with Crippen LogP contribution in [0, 0.1) is 5.41 Å². The zero-order chi connectivity index (χ0) is 17.7. The SMILES string of the molecule is [2H]C([2H])(O)C1=C(C)CCCC1(C)CC/C=C(/C)CCC=C(C)C. The Morgan fingerprint density at radius 3 is 2.62 bits per heavy atom. The number of aliphatic hydroxyl groups is 1. The molecule has 0 saturated heterocycles. The summed E-state index contributed by atoms with van der Waals surface area (Å²) in [6.45, 7) is 8.33. The number of hydrogen-bond donors (Lipinski definition) is 1. The predicted octanol–water partition coefficient (Wildman–Crippen LogP) is 5.96. The molecule has 120 valence electrons. The third-order valence-electron chi connectivity index (χ3n) is 4.70. The molecule has 1 N–H and O–H groups in total. The summed E-state index contributed by atoms with van der Waals surface area (Å²) in [5, 5.41) is 9.98. The van der Waals surface area contributed by atoms with Crippen molar-refractivity contribution in [2.75, 3.05) is 6.56 Å². The Balaban J connectivity index is 2.71. The molecule has 0 amide bonds. The van der Waals surface area contributed by atoms with Gasteiger partial charge in [0.25, 0.3) is 0 Å². The highest BCUT2D eigenvalue weighted by Gasteiger charge is 2.31. The molecule has 0 spiro atoms. The molecule has 1 aliphatic rings. The Bertz CT molecular complexity index is 490. The van der Waals surface area contributed by atoms with E-state index in [-0.39, 0.29) is 5.41 Å². The third-order valence-corrected chi connectivity index (χ3v) is 4.70. The van der Waals surface area contributed by atoms with Crippen LogP contribution in [0.25, 0.3) is 0 Å². The van der Waals surface area contributed by atoms with Crippen molar-refractivity contribution in [3.05, 3.63) is 34.4 Å². The van der Waals surface area contributed by atoms with Crippen molar-refractivity contribution in [2.45, 2.75) is 79.6 Å². The maximum atomic E-state index is 9.98. The van der Waals surface area contributed by atoms with Crippen LogP contribution in [0.4, 0.5) is 0 Å². The van der Waals surface area contributed by atoms with Gasteiger partial charge in [-0.2, -0.15) is 0 Å². The predicted molar refractivity (Wildman–Crippen MR) is 93.4 cm³/mol. The van der Waals surface area contributed by atoms with E-state index in [0.29, 0.717) is 5.57 Å². The fraction of sp³-hybridized carbons (Fsp3) is 0.700. The Kier molecular flexibility index (Phi) is 6.17. The third kappa shape index (κ3) is 5.82. The second kappa shape index (κ2) is 8.58. The molecular weight excluding hydrogens is 256 g/mol. The van der Waals surface area contributed by atoms with Crippen molar-refractivity contribution < 1.29 is 7.85 Å². The van der Waals surface area contributed by atoms with Gasteiger partial charge in [-0.05, 0) is 83.6 Å². The van der Waals surface area contributed by atoms with Crippen LogP contribution in [0.15, 0.2) is 34.4 Å². The number of hydrogen-bond acceptors (Lipinski definition) is 1. The monoisotopic (exact) mass is 292 g/mol. The second-order valence-electron chi connectivity index (χ2n) is 7.09. The molecule has 0 fully saturated rings. The van der Waals surface area contributed by atoms with Gasteiger partial charge in [-0.1, -0.05) is 35.8 Å². The van der Waals surface area contributed by atoms with E-state index in [0.717, 1.165) is 50.5 Å². The van der Waals surface area contributed by atoms with Crippen molar-refractivity contribution in [1.29, 1.82) is 0 Å². The Labute approximate surface area is 134 Å². The summed E-state index contributed by atoms with van der Waals surface area (Å²) in [5.74, 6) is 0. The minimum absolute atomic E-state index is 0.225. The average Bonchev–Trinajstić information content (AvgIpc) is 2.35. The highest BCUT2D eigenvalue weighted by atomic mass is 16.3. The van der Waals surface area contributed by atoms with E-state index in [2.05, 4.69) is 39.8 Å². The van der Waals surface area contributed by atoms with Gasteiger partial charge in [0.15, 0.2) is 0 Å². The summed E-state index contributed by atoms with van der Waals surface area (Å²) in [5.41, 5.74) is 4.21. The minimum Gasteiger partial charge on any atom is -0.392 e. The molecule has 1 rings (SSSR count). The first-order valence-electron chi connectivity index (χ1n) is 9.28. The highest BCUT2D eigenvalue weighted by molar-refractivity contribution is 5.24. The molecular formula is C20H34O. The smallest absolute Gasteiger partial charge is 0.0649 e. The van der Waals surface area contributed by atoms with Crippen molar-refractivity contribution >= 4 is 0 Å². The fourth-order valence-electron chi connectivity index (χ4n) is 3.32. The van der Waals surface area contributed by atoms with Crippen LogP contribution in [0.3, 0.4) is 0 Å². The average molecular weight is 293 g/mol. The van der Waals surface area contributed by atoms with E-state index in [1.165, 1.54) is 11.1 Å². The molecule has 21 heavy (non-hydrogen) atoms. The van der Waals surface area contributed by atoms with Crippen molar-refractivity contribution in [3.8, 4) is 0 Å². The molecule has 1 aliphatic carbocycles. The largest absolute Gasteiger partial charge is 0.392 e. The van der Waals surface area contributed by atoms with Crippen LogP contribution in [-0.4, -0.2) is 11.7 Å². The number of allylic oxidation sites excluding steroid dienone is 5. The van der Waals surface area contributed by atoms with Gasteiger partial charge in [-0.25, -0.2) is 0 Å².